The zero-order chi connectivity index (χ0) is 17.2. The van der Waals surface area contributed by atoms with Crippen molar-refractivity contribution >= 4 is 0 Å². The third-order valence-corrected chi connectivity index (χ3v) is 4.79. The maximum atomic E-state index is 12.2. The van der Waals surface area contributed by atoms with E-state index >= 15 is 0 Å². The molecule has 0 atom stereocenters. The number of aromatic nitrogens is 3. The van der Waals surface area contributed by atoms with Crippen LogP contribution in [0.3, 0.4) is 0 Å². The predicted molar refractivity (Wildman–Crippen MR) is 97.4 cm³/mol. The topological polar surface area (TPSA) is 49.0 Å². The first kappa shape index (κ1) is 15.8. The Kier molecular flexibility index (Phi) is 4.24. The number of hydrogen-bond acceptors (Lipinski definition) is 3. The minimum atomic E-state index is -0.0144. The molecule has 0 amide bonds. The van der Waals surface area contributed by atoms with E-state index in [0.29, 0.717) is 6.04 Å². The second-order valence-electron chi connectivity index (χ2n) is 6.47. The van der Waals surface area contributed by atoms with Crippen molar-refractivity contribution < 1.29 is 4.74 Å². The fraction of sp³-hybridized carbons (Fsp3) is 0.300. The molecule has 3 heterocycles. The number of aryl methyl sites for hydroxylation is 1. The Labute approximate surface area is 146 Å². The van der Waals surface area contributed by atoms with Crippen LogP contribution < -0.4 is 5.56 Å². The monoisotopic (exact) mass is 335 g/mol. The van der Waals surface area contributed by atoms with Gasteiger partial charge in [0.25, 0.3) is 5.56 Å². The third-order valence-electron chi connectivity index (χ3n) is 4.79. The van der Waals surface area contributed by atoms with Gasteiger partial charge in [-0.05, 0) is 24.0 Å². The minimum Gasteiger partial charge on any atom is -0.381 e. The molecule has 0 aliphatic carbocycles. The number of nitrogens with zero attached hydrogens (tertiary/aromatic N) is 3. The Balaban J connectivity index is 1.78. The summed E-state index contributed by atoms with van der Waals surface area (Å²) in [6, 6.07) is 12.1. The van der Waals surface area contributed by atoms with Gasteiger partial charge in [-0.1, -0.05) is 30.3 Å². The molecule has 1 saturated heterocycles. The van der Waals surface area contributed by atoms with Crippen LogP contribution in [0.1, 0.15) is 18.9 Å². The zero-order valence-electron chi connectivity index (χ0n) is 14.3. The lowest BCUT2D eigenvalue weighted by molar-refractivity contribution is 0.0662. The Hall–Kier alpha value is -2.66. The van der Waals surface area contributed by atoms with E-state index in [4.69, 9.17) is 4.74 Å². The molecule has 0 saturated carbocycles. The summed E-state index contributed by atoms with van der Waals surface area (Å²) in [5.74, 6) is 0. The number of hydrogen-bond donors (Lipinski definition) is 0. The SMILES string of the molecule is Cn1cc(-c2cnn(C3CCOCC3)c2)c(-c2ccccc2)cc1=O. The highest BCUT2D eigenvalue weighted by Gasteiger charge is 2.18. The van der Waals surface area contributed by atoms with Gasteiger partial charge in [0, 0.05) is 49.8 Å². The highest BCUT2D eigenvalue weighted by Crippen LogP contribution is 2.31. The standard InChI is InChI=1S/C20H21N3O2/c1-22-14-19(18(11-20(22)24)15-5-3-2-4-6-15)16-12-21-23(13-16)17-7-9-25-10-8-17/h2-6,11-14,17H,7-10H2,1H3. The van der Waals surface area contributed by atoms with Gasteiger partial charge in [-0.15, -0.1) is 0 Å². The first-order valence-corrected chi connectivity index (χ1v) is 8.61. The summed E-state index contributed by atoms with van der Waals surface area (Å²) in [6.45, 7) is 1.57. The van der Waals surface area contributed by atoms with E-state index in [0.717, 1.165) is 48.3 Å². The van der Waals surface area contributed by atoms with Crippen LogP contribution in [0.25, 0.3) is 22.3 Å². The van der Waals surface area contributed by atoms with Crippen molar-refractivity contribution in [2.24, 2.45) is 7.05 Å². The second-order valence-corrected chi connectivity index (χ2v) is 6.47. The highest BCUT2D eigenvalue weighted by molar-refractivity contribution is 5.82. The summed E-state index contributed by atoms with van der Waals surface area (Å²) in [5, 5.41) is 4.58. The van der Waals surface area contributed by atoms with Crippen LogP contribution in [0, 0.1) is 0 Å². The van der Waals surface area contributed by atoms with E-state index in [2.05, 4.69) is 11.3 Å². The molecule has 4 rings (SSSR count). The lowest BCUT2D eigenvalue weighted by atomic mass is 9.98. The molecule has 1 aliphatic rings. The maximum absolute atomic E-state index is 12.2. The second kappa shape index (κ2) is 6.69. The van der Waals surface area contributed by atoms with Crippen molar-refractivity contribution in [3.63, 3.8) is 0 Å². The highest BCUT2D eigenvalue weighted by atomic mass is 16.5. The lowest BCUT2D eigenvalue weighted by Crippen LogP contribution is -2.19. The van der Waals surface area contributed by atoms with Crippen LogP contribution in [-0.4, -0.2) is 27.6 Å². The van der Waals surface area contributed by atoms with Crippen molar-refractivity contribution in [3.05, 3.63) is 65.3 Å². The quantitative estimate of drug-likeness (QED) is 0.738. The molecule has 0 N–H and O–H groups in total. The molecule has 5 nitrogen and oxygen atoms in total. The Bertz CT molecular complexity index is 922. The summed E-state index contributed by atoms with van der Waals surface area (Å²) in [4.78, 5) is 12.2. The van der Waals surface area contributed by atoms with Crippen LogP contribution in [0.2, 0.25) is 0 Å². The summed E-state index contributed by atoms with van der Waals surface area (Å²) < 4.78 is 9.10. The van der Waals surface area contributed by atoms with E-state index in [-0.39, 0.29) is 5.56 Å². The van der Waals surface area contributed by atoms with Crippen molar-refractivity contribution in [2.45, 2.75) is 18.9 Å². The first-order chi connectivity index (χ1) is 12.2. The molecule has 1 aromatic carbocycles. The number of ether oxygens (including phenoxy) is 1. The van der Waals surface area contributed by atoms with Gasteiger partial charge >= 0.3 is 0 Å². The fourth-order valence-electron chi connectivity index (χ4n) is 3.34. The van der Waals surface area contributed by atoms with Crippen LogP contribution in [0.4, 0.5) is 0 Å². The summed E-state index contributed by atoms with van der Waals surface area (Å²) >= 11 is 0. The number of pyridine rings is 1. The van der Waals surface area contributed by atoms with Crippen LogP contribution in [0.15, 0.2) is 59.8 Å². The Morgan fingerprint density at radius 3 is 2.56 bits per heavy atom. The van der Waals surface area contributed by atoms with Crippen LogP contribution in [0.5, 0.6) is 0 Å². The summed E-state index contributed by atoms with van der Waals surface area (Å²) in [5.41, 5.74) is 4.01. The molecule has 0 radical (unpaired) electrons. The average Bonchev–Trinajstić information content (AvgIpc) is 3.15. The molecule has 1 fully saturated rings. The normalized spacial score (nSPS) is 15.4. The van der Waals surface area contributed by atoms with Crippen molar-refractivity contribution in [3.8, 4) is 22.3 Å². The summed E-state index contributed by atoms with van der Waals surface area (Å²) in [6.07, 6.45) is 7.85. The molecule has 0 spiro atoms. The van der Waals surface area contributed by atoms with E-state index < -0.39 is 0 Å². The molecule has 25 heavy (non-hydrogen) atoms. The zero-order valence-corrected chi connectivity index (χ0v) is 14.3. The predicted octanol–water partition coefficient (Wildman–Crippen LogP) is 3.27. The molecule has 5 heteroatoms. The van der Waals surface area contributed by atoms with Gasteiger partial charge in [0.1, 0.15) is 0 Å². The Morgan fingerprint density at radius 1 is 1.04 bits per heavy atom. The van der Waals surface area contributed by atoms with E-state index in [1.54, 1.807) is 17.7 Å². The van der Waals surface area contributed by atoms with Gasteiger partial charge in [-0.3, -0.25) is 9.48 Å². The van der Waals surface area contributed by atoms with Crippen molar-refractivity contribution in [2.75, 3.05) is 13.2 Å². The fourth-order valence-corrected chi connectivity index (χ4v) is 3.34. The van der Waals surface area contributed by atoms with Crippen LogP contribution in [-0.2, 0) is 11.8 Å². The van der Waals surface area contributed by atoms with E-state index in [1.807, 2.05) is 47.4 Å². The van der Waals surface area contributed by atoms with Gasteiger partial charge in [0.2, 0.25) is 0 Å². The first-order valence-electron chi connectivity index (χ1n) is 8.61. The summed E-state index contributed by atoms with van der Waals surface area (Å²) in [7, 11) is 1.78. The average molecular weight is 335 g/mol. The van der Waals surface area contributed by atoms with Gasteiger partial charge in [-0.25, -0.2) is 0 Å². The molecule has 2 aromatic heterocycles. The maximum Gasteiger partial charge on any atom is 0.250 e. The Morgan fingerprint density at radius 2 is 1.80 bits per heavy atom. The van der Waals surface area contributed by atoms with Gasteiger partial charge in [-0.2, -0.15) is 5.10 Å². The minimum absolute atomic E-state index is 0.0144. The molecule has 1 aliphatic heterocycles. The van der Waals surface area contributed by atoms with Crippen molar-refractivity contribution in [1.82, 2.24) is 14.3 Å². The molecular formula is C20H21N3O2. The molecule has 0 unspecified atom stereocenters. The number of benzene rings is 1. The molecule has 128 valence electrons. The number of rotatable bonds is 3. The van der Waals surface area contributed by atoms with Gasteiger partial charge in [0.05, 0.1) is 12.2 Å². The van der Waals surface area contributed by atoms with E-state index in [1.165, 1.54) is 0 Å². The smallest absolute Gasteiger partial charge is 0.250 e. The molecular weight excluding hydrogens is 314 g/mol. The van der Waals surface area contributed by atoms with Gasteiger partial charge < -0.3 is 9.30 Å². The third kappa shape index (κ3) is 3.15. The largest absolute Gasteiger partial charge is 0.381 e. The van der Waals surface area contributed by atoms with Crippen LogP contribution >= 0.6 is 0 Å². The lowest BCUT2D eigenvalue weighted by Gasteiger charge is -2.22. The molecule has 3 aromatic rings. The van der Waals surface area contributed by atoms with Crippen molar-refractivity contribution in [1.29, 1.82) is 0 Å². The van der Waals surface area contributed by atoms with E-state index in [9.17, 15) is 4.79 Å². The molecule has 0 bridgehead atoms. The van der Waals surface area contributed by atoms with Gasteiger partial charge in [0.15, 0.2) is 0 Å².